The predicted molar refractivity (Wildman–Crippen MR) is 111 cm³/mol. The van der Waals surface area contributed by atoms with E-state index in [0.717, 1.165) is 44.2 Å². The first kappa shape index (κ1) is 19.6. The number of hydrogen-bond donors (Lipinski definition) is 1. The number of nitrogens with zero attached hydrogens (tertiary/aromatic N) is 4. The summed E-state index contributed by atoms with van der Waals surface area (Å²) in [5.41, 5.74) is 1.77. The lowest BCUT2D eigenvalue weighted by Gasteiger charge is -2.26. The maximum atomic E-state index is 12.4. The fraction of sp³-hybridized carbons (Fsp3) is 0.476. The summed E-state index contributed by atoms with van der Waals surface area (Å²) >= 11 is 0. The summed E-state index contributed by atoms with van der Waals surface area (Å²) in [5.74, 6) is 1.43. The molecule has 0 saturated carbocycles. The van der Waals surface area contributed by atoms with E-state index in [1.807, 2.05) is 42.7 Å². The molecule has 0 bridgehead atoms. The third kappa shape index (κ3) is 4.49. The Morgan fingerprint density at radius 1 is 1.24 bits per heavy atom. The zero-order chi connectivity index (χ0) is 20.2. The second-order valence-corrected chi connectivity index (χ2v) is 7.52. The molecule has 4 rings (SSSR count). The van der Waals surface area contributed by atoms with Gasteiger partial charge in [0.05, 0.1) is 19.5 Å². The molecule has 1 N–H and O–H groups in total. The van der Waals surface area contributed by atoms with Crippen LogP contribution in [0.3, 0.4) is 0 Å². The molecule has 3 aromatic rings. The lowest BCUT2D eigenvalue weighted by molar-refractivity contribution is 0.0322. The normalized spacial score (nSPS) is 15.3. The fourth-order valence-electron chi connectivity index (χ4n) is 3.51. The number of aromatic nitrogens is 4. The van der Waals surface area contributed by atoms with Crippen LogP contribution in [-0.4, -0.2) is 63.9 Å². The Balaban J connectivity index is 1.50. The van der Waals surface area contributed by atoms with Crippen molar-refractivity contribution in [1.82, 2.24) is 24.4 Å². The number of morpholine rings is 1. The van der Waals surface area contributed by atoms with E-state index in [-0.39, 0.29) is 11.6 Å². The molecule has 8 nitrogen and oxygen atoms in total. The molecule has 1 saturated heterocycles. The Morgan fingerprint density at radius 3 is 2.83 bits per heavy atom. The Kier molecular flexibility index (Phi) is 5.92. The van der Waals surface area contributed by atoms with Gasteiger partial charge < -0.3 is 19.0 Å². The van der Waals surface area contributed by atoms with Gasteiger partial charge >= 0.3 is 0 Å². The van der Waals surface area contributed by atoms with Crippen molar-refractivity contribution in [3.8, 4) is 5.75 Å². The average Bonchev–Trinajstić information content (AvgIpc) is 3.15. The third-order valence-corrected chi connectivity index (χ3v) is 5.14. The smallest absolute Gasteiger partial charge is 0.279 e. The molecule has 1 fully saturated rings. The van der Waals surface area contributed by atoms with Gasteiger partial charge in [0.25, 0.3) is 5.56 Å². The predicted octanol–water partition coefficient (Wildman–Crippen LogP) is 2.00. The molecule has 0 atom stereocenters. The number of fused-ring (bicyclic) bond motifs is 1. The first-order valence-corrected chi connectivity index (χ1v) is 10.1. The lowest BCUT2D eigenvalue weighted by atomic mass is 10.1. The summed E-state index contributed by atoms with van der Waals surface area (Å²) in [6.45, 7) is 9.02. The molecular weight excluding hydrogens is 370 g/mol. The number of ether oxygens (including phenoxy) is 2. The fourth-order valence-corrected chi connectivity index (χ4v) is 3.51. The molecular formula is C21H27N5O3. The van der Waals surface area contributed by atoms with E-state index in [4.69, 9.17) is 9.47 Å². The Bertz CT molecular complexity index is 1020. The summed E-state index contributed by atoms with van der Waals surface area (Å²) in [6, 6.07) is 8.08. The molecule has 0 radical (unpaired) electrons. The van der Waals surface area contributed by atoms with E-state index in [2.05, 4.69) is 19.9 Å². The molecule has 29 heavy (non-hydrogen) atoms. The Morgan fingerprint density at radius 2 is 2.03 bits per heavy atom. The van der Waals surface area contributed by atoms with Crippen LogP contribution in [0.4, 0.5) is 0 Å². The van der Waals surface area contributed by atoms with Crippen molar-refractivity contribution in [2.75, 3.05) is 39.5 Å². The highest BCUT2D eigenvalue weighted by atomic mass is 16.5. The highest BCUT2D eigenvalue weighted by Crippen LogP contribution is 2.21. The number of nitrogens with one attached hydrogen (secondary N) is 1. The second kappa shape index (κ2) is 8.75. The largest absolute Gasteiger partial charge is 0.492 e. The van der Waals surface area contributed by atoms with Gasteiger partial charge in [0, 0.05) is 37.7 Å². The maximum Gasteiger partial charge on any atom is 0.279 e. The van der Waals surface area contributed by atoms with Crippen LogP contribution in [0.1, 0.15) is 31.3 Å². The van der Waals surface area contributed by atoms with Crippen molar-refractivity contribution < 1.29 is 9.47 Å². The van der Waals surface area contributed by atoms with Crippen LogP contribution < -0.4 is 10.3 Å². The van der Waals surface area contributed by atoms with Crippen molar-refractivity contribution in [1.29, 1.82) is 0 Å². The van der Waals surface area contributed by atoms with E-state index in [0.29, 0.717) is 30.0 Å². The molecule has 0 amide bonds. The minimum absolute atomic E-state index is 0.179. The molecule has 1 aromatic carbocycles. The van der Waals surface area contributed by atoms with Gasteiger partial charge in [0.1, 0.15) is 18.2 Å². The van der Waals surface area contributed by atoms with Gasteiger partial charge in [-0.1, -0.05) is 18.2 Å². The minimum atomic E-state index is -0.213. The molecule has 0 unspecified atom stereocenters. The van der Waals surface area contributed by atoms with Crippen LogP contribution in [0.15, 0.2) is 35.4 Å². The van der Waals surface area contributed by atoms with Gasteiger partial charge in [-0.05, 0) is 19.9 Å². The number of imidazole rings is 1. The van der Waals surface area contributed by atoms with E-state index in [1.165, 1.54) is 0 Å². The van der Waals surface area contributed by atoms with E-state index < -0.39 is 0 Å². The molecule has 1 aliphatic rings. The molecule has 154 valence electrons. The summed E-state index contributed by atoms with van der Waals surface area (Å²) in [7, 11) is 0. The number of benzene rings is 1. The van der Waals surface area contributed by atoms with Crippen LogP contribution in [0.5, 0.6) is 5.75 Å². The van der Waals surface area contributed by atoms with E-state index in [1.54, 1.807) is 6.33 Å². The van der Waals surface area contributed by atoms with Crippen LogP contribution in [0.25, 0.3) is 11.2 Å². The topological polar surface area (TPSA) is 85.3 Å². The quantitative estimate of drug-likeness (QED) is 0.656. The van der Waals surface area contributed by atoms with Crippen LogP contribution in [0, 0.1) is 0 Å². The van der Waals surface area contributed by atoms with Crippen molar-refractivity contribution in [2.45, 2.75) is 26.3 Å². The van der Waals surface area contributed by atoms with Gasteiger partial charge in [0.15, 0.2) is 11.2 Å². The number of hydrogen-bond acceptors (Lipinski definition) is 6. The van der Waals surface area contributed by atoms with Gasteiger partial charge in [0.2, 0.25) is 0 Å². The average molecular weight is 397 g/mol. The van der Waals surface area contributed by atoms with Crippen LogP contribution in [-0.2, 0) is 11.2 Å². The first-order chi connectivity index (χ1) is 14.1. The van der Waals surface area contributed by atoms with Crippen molar-refractivity contribution in [3.63, 3.8) is 0 Å². The zero-order valence-electron chi connectivity index (χ0n) is 16.9. The van der Waals surface area contributed by atoms with Gasteiger partial charge in [-0.15, -0.1) is 0 Å². The maximum absolute atomic E-state index is 12.4. The molecule has 1 aliphatic heterocycles. The monoisotopic (exact) mass is 397 g/mol. The minimum Gasteiger partial charge on any atom is -0.492 e. The van der Waals surface area contributed by atoms with E-state index >= 15 is 0 Å². The summed E-state index contributed by atoms with van der Waals surface area (Å²) in [5, 5.41) is 0. The number of aromatic amines is 1. The zero-order valence-corrected chi connectivity index (χ0v) is 16.9. The van der Waals surface area contributed by atoms with Crippen molar-refractivity contribution in [3.05, 3.63) is 52.3 Å². The SMILES string of the molecule is CC(C)n1cnc2c(=O)[nH]c(Cc3ccccc3OCCN3CCOCC3)nc21. The van der Waals surface area contributed by atoms with Gasteiger partial charge in [-0.25, -0.2) is 9.97 Å². The lowest BCUT2D eigenvalue weighted by Crippen LogP contribution is -2.38. The standard InChI is InChI=1S/C21H27N5O3/c1-15(2)26-14-22-19-20(26)23-18(24-21(19)27)13-16-5-3-4-6-17(16)29-12-9-25-7-10-28-11-8-25/h3-6,14-15H,7-13H2,1-2H3,(H,23,24,27). The van der Waals surface area contributed by atoms with Crippen LogP contribution in [0.2, 0.25) is 0 Å². The Labute approximate surface area is 169 Å². The van der Waals surface area contributed by atoms with Crippen molar-refractivity contribution >= 4 is 11.2 Å². The highest BCUT2D eigenvalue weighted by molar-refractivity contribution is 5.69. The number of para-hydroxylation sites is 1. The summed E-state index contributed by atoms with van der Waals surface area (Å²) in [4.78, 5) is 26.5. The number of rotatable bonds is 7. The second-order valence-electron chi connectivity index (χ2n) is 7.52. The van der Waals surface area contributed by atoms with Gasteiger partial charge in [-0.2, -0.15) is 0 Å². The molecule has 8 heteroatoms. The first-order valence-electron chi connectivity index (χ1n) is 10.1. The Hall–Kier alpha value is -2.71. The molecule has 3 heterocycles. The van der Waals surface area contributed by atoms with Crippen LogP contribution >= 0.6 is 0 Å². The highest BCUT2D eigenvalue weighted by Gasteiger charge is 2.14. The molecule has 0 spiro atoms. The molecule has 2 aromatic heterocycles. The molecule has 0 aliphatic carbocycles. The van der Waals surface area contributed by atoms with E-state index in [9.17, 15) is 4.79 Å². The summed E-state index contributed by atoms with van der Waals surface area (Å²) < 4.78 is 13.4. The van der Waals surface area contributed by atoms with Gasteiger partial charge in [-0.3, -0.25) is 9.69 Å². The third-order valence-electron chi connectivity index (χ3n) is 5.14. The number of H-pyrrole nitrogens is 1. The van der Waals surface area contributed by atoms with Crippen molar-refractivity contribution in [2.24, 2.45) is 0 Å². The summed E-state index contributed by atoms with van der Waals surface area (Å²) in [6.07, 6.45) is 2.16.